The fourth-order valence-corrected chi connectivity index (χ4v) is 3.26. The molecule has 0 spiro atoms. The lowest BCUT2D eigenvalue weighted by molar-refractivity contribution is -0.154. The SMILES string of the molecule is C=CC1(O)[C@H](O)[C@@H](COC(=O)C(C)C)O[C@@]1(C#N)c1ccc2c(N)ncnn12. The summed E-state index contributed by atoms with van der Waals surface area (Å²) in [5.41, 5.74) is 2.07. The van der Waals surface area contributed by atoms with E-state index in [0.29, 0.717) is 5.52 Å². The molecule has 0 radical (unpaired) electrons. The van der Waals surface area contributed by atoms with Crippen molar-refractivity contribution in [3.8, 4) is 6.07 Å². The summed E-state index contributed by atoms with van der Waals surface area (Å²) < 4.78 is 12.2. The van der Waals surface area contributed by atoms with Crippen molar-refractivity contribution in [2.45, 2.75) is 37.3 Å². The van der Waals surface area contributed by atoms with Gasteiger partial charge in [-0.05, 0) is 12.1 Å². The molecule has 0 saturated carbocycles. The van der Waals surface area contributed by atoms with E-state index >= 15 is 0 Å². The number of carbonyl (C=O) groups excluding carboxylic acids is 1. The van der Waals surface area contributed by atoms with E-state index in [-0.39, 0.29) is 24.0 Å². The molecule has 2 aromatic heterocycles. The molecular weight excluding hydrogens is 366 g/mol. The monoisotopic (exact) mass is 387 g/mol. The molecule has 2 aromatic rings. The summed E-state index contributed by atoms with van der Waals surface area (Å²) in [5.74, 6) is -0.717. The first kappa shape index (κ1) is 19.8. The molecule has 1 unspecified atom stereocenters. The zero-order chi connectivity index (χ0) is 20.7. The maximum atomic E-state index is 11.8. The van der Waals surface area contributed by atoms with Gasteiger partial charge in [-0.25, -0.2) is 9.50 Å². The van der Waals surface area contributed by atoms with Crippen LogP contribution in [-0.4, -0.2) is 55.2 Å². The number of anilines is 1. The normalized spacial score (nSPS) is 29.7. The summed E-state index contributed by atoms with van der Waals surface area (Å²) in [6.45, 7) is 6.52. The molecule has 3 rings (SSSR count). The number of ether oxygens (including phenoxy) is 2. The fraction of sp³-hybridized carbons (Fsp3) is 0.444. The smallest absolute Gasteiger partial charge is 0.308 e. The van der Waals surface area contributed by atoms with E-state index in [4.69, 9.17) is 15.2 Å². The third kappa shape index (κ3) is 2.63. The van der Waals surface area contributed by atoms with Gasteiger partial charge in [-0.1, -0.05) is 26.5 Å². The number of nitrogens with zero attached hydrogens (tertiary/aromatic N) is 4. The third-order valence-corrected chi connectivity index (χ3v) is 4.87. The van der Waals surface area contributed by atoms with Crippen LogP contribution in [0.15, 0.2) is 31.1 Å². The van der Waals surface area contributed by atoms with Gasteiger partial charge in [0.1, 0.15) is 36.7 Å². The van der Waals surface area contributed by atoms with E-state index in [1.807, 2.05) is 6.07 Å². The summed E-state index contributed by atoms with van der Waals surface area (Å²) in [6, 6.07) is 5.00. The van der Waals surface area contributed by atoms with E-state index in [1.165, 1.54) is 16.9 Å². The number of fused-ring (bicyclic) bond motifs is 1. The maximum Gasteiger partial charge on any atom is 0.308 e. The zero-order valence-electron chi connectivity index (χ0n) is 15.4. The number of aromatic nitrogens is 3. The Morgan fingerprint density at radius 1 is 1.61 bits per heavy atom. The number of hydrogen-bond donors (Lipinski definition) is 3. The molecule has 0 amide bonds. The van der Waals surface area contributed by atoms with E-state index in [9.17, 15) is 20.3 Å². The number of esters is 1. The second-order valence-electron chi connectivity index (χ2n) is 6.87. The van der Waals surface area contributed by atoms with Crippen LogP contribution >= 0.6 is 0 Å². The number of aliphatic hydroxyl groups is 2. The Balaban J connectivity index is 2.08. The average Bonchev–Trinajstić information content (AvgIpc) is 3.20. The summed E-state index contributed by atoms with van der Waals surface area (Å²) in [6.07, 6.45) is -0.531. The van der Waals surface area contributed by atoms with E-state index < -0.39 is 29.4 Å². The molecule has 0 aliphatic carbocycles. The van der Waals surface area contributed by atoms with Gasteiger partial charge in [0.15, 0.2) is 11.4 Å². The molecule has 1 fully saturated rings. The first-order chi connectivity index (χ1) is 13.2. The van der Waals surface area contributed by atoms with Crippen LogP contribution in [0, 0.1) is 17.2 Å². The standard InChI is InChI=1S/C18H21N5O5/c1-4-17(26)14(24)12(7-27-16(25)10(2)3)28-18(17,8-19)13-6-5-11-15(20)21-9-22-23(11)13/h4-6,9-10,12,14,24,26H,1,7H2,2-3H3,(H2,20,21,22)/t12-,14-,17?,18+/m1/s1. The second kappa shape index (κ2) is 6.87. The van der Waals surface area contributed by atoms with Crippen LogP contribution in [0.5, 0.6) is 0 Å². The number of nitrogens with two attached hydrogens (primary N) is 1. The predicted octanol–water partition coefficient (Wildman–Crippen LogP) is -0.0936. The van der Waals surface area contributed by atoms with Crippen molar-refractivity contribution in [1.29, 1.82) is 5.26 Å². The van der Waals surface area contributed by atoms with Crippen LogP contribution < -0.4 is 5.73 Å². The molecule has 0 aromatic carbocycles. The molecule has 4 atom stereocenters. The van der Waals surface area contributed by atoms with Crippen molar-refractivity contribution in [2.24, 2.45) is 5.92 Å². The summed E-state index contributed by atoms with van der Waals surface area (Å²) >= 11 is 0. The van der Waals surface area contributed by atoms with Gasteiger partial charge in [0.05, 0.1) is 11.6 Å². The quantitative estimate of drug-likeness (QED) is 0.471. The van der Waals surface area contributed by atoms with Crippen molar-refractivity contribution in [1.82, 2.24) is 14.6 Å². The number of aliphatic hydroxyl groups excluding tert-OH is 1. The van der Waals surface area contributed by atoms with Gasteiger partial charge in [-0.2, -0.15) is 10.4 Å². The molecule has 10 heteroatoms. The molecule has 1 aliphatic heterocycles. The minimum absolute atomic E-state index is 0.123. The molecule has 10 nitrogen and oxygen atoms in total. The van der Waals surface area contributed by atoms with Crippen molar-refractivity contribution in [3.63, 3.8) is 0 Å². The van der Waals surface area contributed by atoms with Crippen LogP contribution in [0.25, 0.3) is 5.52 Å². The Morgan fingerprint density at radius 2 is 2.32 bits per heavy atom. The molecule has 4 N–H and O–H groups in total. The largest absolute Gasteiger partial charge is 0.463 e. The number of carbonyl (C=O) groups is 1. The van der Waals surface area contributed by atoms with Crippen LogP contribution in [0.2, 0.25) is 0 Å². The first-order valence-corrected chi connectivity index (χ1v) is 8.60. The van der Waals surface area contributed by atoms with Crippen molar-refractivity contribution in [2.75, 3.05) is 12.3 Å². The zero-order valence-corrected chi connectivity index (χ0v) is 15.4. The highest BCUT2D eigenvalue weighted by molar-refractivity contribution is 5.71. The maximum absolute atomic E-state index is 11.8. The predicted molar refractivity (Wildman–Crippen MR) is 96.5 cm³/mol. The van der Waals surface area contributed by atoms with Crippen LogP contribution in [0.1, 0.15) is 19.5 Å². The Kier molecular flexibility index (Phi) is 4.84. The second-order valence-corrected chi connectivity index (χ2v) is 6.87. The highest BCUT2D eigenvalue weighted by Gasteiger charge is 2.66. The first-order valence-electron chi connectivity index (χ1n) is 8.60. The number of nitriles is 1. The Hall–Kier alpha value is -3.00. The third-order valence-electron chi connectivity index (χ3n) is 4.87. The minimum atomic E-state index is -2.20. The van der Waals surface area contributed by atoms with Gasteiger partial charge < -0.3 is 25.4 Å². The van der Waals surface area contributed by atoms with Crippen LogP contribution in [0.4, 0.5) is 5.82 Å². The lowest BCUT2D eigenvalue weighted by Gasteiger charge is -2.33. The molecule has 1 saturated heterocycles. The molecular formula is C18H21N5O5. The van der Waals surface area contributed by atoms with Gasteiger partial charge in [0.2, 0.25) is 5.60 Å². The number of hydrogen-bond acceptors (Lipinski definition) is 9. The highest BCUT2D eigenvalue weighted by Crippen LogP contribution is 2.48. The van der Waals surface area contributed by atoms with E-state index in [0.717, 1.165) is 6.08 Å². The topological polar surface area (TPSA) is 156 Å². The van der Waals surface area contributed by atoms with E-state index in [2.05, 4.69) is 16.7 Å². The van der Waals surface area contributed by atoms with Crippen molar-refractivity contribution in [3.05, 3.63) is 36.8 Å². The lowest BCUT2D eigenvalue weighted by Crippen LogP contribution is -2.53. The average molecular weight is 387 g/mol. The molecule has 1 aliphatic rings. The molecule has 0 bridgehead atoms. The number of rotatable bonds is 5. The summed E-state index contributed by atoms with van der Waals surface area (Å²) in [7, 11) is 0. The molecule has 28 heavy (non-hydrogen) atoms. The van der Waals surface area contributed by atoms with Crippen molar-refractivity contribution < 1.29 is 24.5 Å². The van der Waals surface area contributed by atoms with Gasteiger partial charge >= 0.3 is 5.97 Å². The molecule has 148 valence electrons. The summed E-state index contributed by atoms with van der Waals surface area (Å²) in [5, 5.41) is 35.9. The Morgan fingerprint density at radius 3 is 2.93 bits per heavy atom. The summed E-state index contributed by atoms with van der Waals surface area (Å²) in [4.78, 5) is 15.6. The van der Waals surface area contributed by atoms with Gasteiger partial charge in [-0.3, -0.25) is 4.79 Å². The fourth-order valence-electron chi connectivity index (χ4n) is 3.26. The minimum Gasteiger partial charge on any atom is -0.463 e. The van der Waals surface area contributed by atoms with Crippen LogP contribution in [0.3, 0.4) is 0 Å². The highest BCUT2D eigenvalue weighted by atomic mass is 16.6. The Labute approximate surface area is 160 Å². The molecule has 3 heterocycles. The van der Waals surface area contributed by atoms with Crippen LogP contribution in [-0.2, 0) is 19.9 Å². The Bertz CT molecular complexity index is 967. The lowest BCUT2D eigenvalue weighted by atomic mass is 9.79. The van der Waals surface area contributed by atoms with E-state index in [1.54, 1.807) is 19.9 Å². The van der Waals surface area contributed by atoms with Gasteiger partial charge in [0, 0.05) is 0 Å². The number of nitrogen functional groups attached to an aromatic ring is 1. The van der Waals surface area contributed by atoms with Gasteiger partial charge in [0.25, 0.3) is 0 Å². The van der Waals surface area contributed by atoms with Gasteiger partial charge in [-0.15, -0.1) is 0 Å². The van der Waals surface area contributed by atoms with Crippen molar-refractivity contribution >= 4 is 17.3 Å².